The first-order chi connectivity index (χ1) is 9.19. The molecule has 0 aliphatic rings. The monoisotopic (exact) mass is 305 g/mol. The highest BCUT2D eigenvalue weighted by Gasteiger charge is 2.25. The van der Waals surface area contributed by atoms with Crippen LogP contribution in [0.4, 0.5) is 4.39 Å². The Hall–Kier alpha value is -1.51. The SMILES string of the molecule is CC(C)C(CO)NS(=O)(=O)c1ccc(C(=O)O)cc1F. The minimum atomic E-state index is -4.17. The van der Waals surface area contributed by atoms with Crippen LogP contribution >= 0.6 is 0 Å². The fourth-order valence-electron chi connectivity index (χ4n) is 1.50. The average molecular weight is 305 g/mol. The molecule has 20 heavy (non-hydrogen) atoms. The third kappa shape index (κ3) is 3.75. The van der Waals surface area contributed by atoms with Crippen molar-refractivity contribution in [2.75, 3.05) is 6.61 Å². The number of aliphatic hydroxyl groups excluding tert-OH is 1. The number of benzene rings is 1. The molecule has 0 radical (unpaired) electrons. The van der Waals surface area contributed by atoms with Gasteiger partial charge in [-0.1, -0.05) is 13.8 Å². The van der Waals surface area contributed by atoms with Gasteiger partial charge in [0.15, 0.2) is 0 Å². The van der Waals surface area contributed by atoms with Gasteiger partial charge in [0, 0.05) is 6.04 Å². The molecule has 112 valence electrons. The van der Waals surface area contributed by atoms with E-state index in [4.69, 9.17) is 10.2 Å². The number of aromatic carboxylic acids is 1. The van der Waals surface area contributed by atoms with Crippen molar-refractivity contribution in [3.05, 3.63) is 29.6 Å². The molecule has 1 aromatic carbocycles. The van der Waals surface area contributed by atoms with Crippen molar-refractivity contribution in [1.82, 2.24) is 4.72 Å². The third-order valence-corrected chi connectivity index (χ3v) is 4.30. The smallest absolute Gasteiger partial charge is 0.335 e. The Morgan fingerprint density at radius 2 is 2.00 bits per heavy atom. The molecule has 0 fully saturated rings. The van der Waals surface area contributed by atoms with Crippen LogP contribution < -0.4 is 4.72 Å². The largest absolute Gasteiger partial charge is 0.478 e. The Morgan fingerprint density at radius 1 is 1.40 bits per heavy atom. The maximum Gasteiger partial charge on any atom is 0.335 e. The lowest BCUT2D eigenvalue weighted by Gasteiger charge is -2.20. The molecule has 1 atom stereocenters. The molecule has 6 nitrogen and oxygen atoms in total. The molecule has 1 aromatic rings. The van der Waals surface area contributed by atoms with Crippen molar-refractivity contribution in [3.8, 4) is 0 Å². The van der Waals surface area contributed by atoms with Crippen molar-refractivity contribution < 1.29 is 27.8 Å². The summed E-state index contributed by atoms with van der Waals surface area (Å²) >= 11 is 0. The number of halogens is 1. The first kappa shape index (κ1) is 16.5. The lowest BCUT2D eigenvalue weighted by Crippen LogP contribution is -2.41. The van der Waals surface area contributed by atoms with Crippen LogP contribution in [0.25, 0.3) is 0 Å². The summed E-state index contributed by atoms with van der Waals surface area (Å²) in [6, 6.07) is 1.78. The van der Waals surface area contributed by atoms with Crippen LogP contribution in [-0.4, -0.2) is 37.2 Å². The van der Waals surface area contributed by atoms with Crippen LogP contribution in [0.5, 0.6) is 0 Å². The van der Waals surface area contributed by atoms with E-state index in [0.717, 1.165) is 12.1 Å². The van der Waals surface area contributed by atoms with Gasteiger partial charge in [0.2, 0.25) is 10.0 Å². The van der Waals surface area contributed by atoms with Gasteiger partial charge in [0.05, 0.1) is 12.2 Å². The molecule has 0 amide bonds. The Morgan fingerprint density at radius 3 is 2.40 bits per heavy atom. The molecule has 0 heterocycles. The Labute approximate surface area is 116 Å². The summed E-state index contributed by atoms with van der Waals surface area (Å²) in [6.45, 7) is 2.98. The van der Waals surface area contributed by atoms with Gasteiger partial charge in [-0.25, -0.2) is 22.3 Å². The normalized spacial score (nSPS) is 13.4. The van der Waals surface area contributed by atoms with Crippen molar-refractivity contribution in [2.24, 2.45) is 5.92 Å². The topological polar surface area (TPSA) is 104 Å². The molecular weight excluding hydrogens is 289 g/mol. The van der Waals surface area contributed by atoms with Gasteiger partial charge in [-0.15, -0.1) is 0 Å². The van der Waals surface area contributed by atoms with E-state index in [0.29, 0.717) is 6.07 Å². The van der Waals surface area contributed by atoms with Crippen molar-refractivity contribution in [3.63, 3.8) is 0 Å². The molecule has 0 saturated carbocycles. The zero-order valence-corrected chi connectivity index (χ0v) is 11.8. The Balaban J connectivity index is 3.13. The number of hydrogen-bond acceptors (Lipinski definition) is 4. The zero-order valence-electron chi connectivity index (χ0n) is 11.0. The first-order valence-electron chi connectivity index (χ1n) is 5.85. The number of aliphatic hydroxyl groups is 1. The molecule has 0 aliphatic carbocycles. The number of rotatable bonds is 6. The van der Waals surface area contributed by atoms with Crippen LogP contribution in [0.3, 0.4) is 0 Å². The van der Waals surface area contributed by atoms with Gasteiger partial charge in [0.1, 0.15) is 10.7 Å². The minimum absolute atomic E-state index is 0.184. The fourth-order valence-corrected chi connectivity index (χ4v) is 2.93. The van der Waals surface area contributed by atoms with Crippen molar-refractivity contribution in [2.45, 2.75) is 24.8 Å². The van der Waals surface area contributed by atoms with Gasteiger partial charge in [-0.2, -0.15) is 0 Å². The summed E-state index contributed by atoms with van der Waals surface area (Å²) in [5.41, 5.74) is -0.344. The predicted molar refractivity (Wildman–Crippen MR) is 69.4 cm³/mol. The number of carboxylic acids is 1. The summed E-state index contributed by atoms with van der Waals surface area (Å²) in [7, 11) is -4.17. The molecular formula is C12H16FNO5S. The van der Waals surface area contributed by atoms with Crippen LogP contribution in [-0.2, 0) is 10.0 Å². The average Bonchev–Trinajstić information content (AvgIpc) is 2.35. The van der Waals surface area contributed by atoms with Crippen LogP contribution in [0.1, 0.15) is 24.2 Å². The van der Waals surface area contributed by atoms with E-state index in [9.17, 15) is 17.6 Å². The molecule has 3 N–H and O–H groups in total. The molecule has 0 spiro atoms. The van der Waals surface area contributed by atoms with Gasteiger partial charge >= 0.3 is 5.97 Å². The standard InChI is InChI=1S/C12H16FNO5S/c1-7(2)10(6-15)14-20(18,19)11-4-3-8(12(16)17)5-9(11)13/h3-5,7,10,14-15H,6H2,1-2H3,(H,16,17). The van der Waals surface area contributed by atoms with Gasteiger partial charge < -0.3 is 10.2 Å². The van der Waals surface area contributed by atoms with E-state index >= 15 is 0 Å². The quantitative estimate of drug-likeness (QED) is 0.722. The Bertz CT molecular complexity index is 600. The van der Waals surface area contributed by atoms with E-state index < -0.39 is 39.4 Å². The number of nitrogens with one attached hydrogen (secondary N) is 1. The lowest BCUT2D eigenvalue weighted by atomic mass is 10.1. The second-order valence-corrected chi connectivity index (χ2v) is 6.29. The summed E-state index contributed by atoms with van der Waals surface area (Å²) in [5, 5.41) is 17.8. The molecule has 0 bridgehead atoms. The number of sulfonamides is 1. The highest BCUT2D eigenvalue weighted by molar-refractivity contribution is 7.89. The van der Waals surface area contributed by atoms with Gasteiger partial charge in [-0.05, 0) is 24.1 Å². The molecule has 0 saturated heterocycles. The van der Waals surface area contributed by atoms with E-state index in [-0.39, 0.29) is 11.5 Å². The van der Waals surface area contributed by atoms with Crippen LogP contribution in [0.2, 0.25) is 0 Å². The highest BCUT2D eigenvalue weighted by Crippen LogP contribution is 2.17. The molecule has 8 heteroatoms. The van der Waals surface area contributed by atoms with Crippen LogP contribution in [0, 0.1) is 11.7 Å². The third-order valence-electron chi connectivity index (χ3n) is 2.78. The maximum absolute atomic E-state index is 13.7. The van der Waals surface area contributed by atoms with Crippen molar-refractivity contribution >= 4 is 16.0 Å². The number of carboxylic acid groups (broad SMARTS) is 1. The second-order valence-electron chi connectivity index (χ2n) is 4.60. The lowest BCUT2D eigenvalue weighted by molar-refractivity contribution is 0.0696. The van der Waals surface area contributed by atoms with Gasteiger partial charge in [-0.3, -0.25) is 0 Å². The molecule has 1 rings (SSSR count). The molecule has 0 aromatic heterocycles. The predicted octanol–water partition coefficient (Wildman–Crippen LogP) is 0.819. The fraction of sp³-hybridized carbons (Fsp3) is 0.417. The summed E-state index contributed by atoms with van der Waals surface area (Å²) in [5.74, 6) is -2.69. The minimum Gasteiger partial charge on any atom is -0.478 e. The van der Waals surface area contributed by atoms with E-state index in [1.807, 2.05) is 0 Å². The number of hydrogen-bond donors (Lipinski definition) is 3. The van der Waals surface area contributed by atoms with Gasteiger partial charge in [0.25, 0.3) is 0 Å². The van der Waals surface area contributed by atoms with E-state index in [2.05, 4.69) is 4.72 Å². The maximum atomic E-state index is 13.7. The summed E-state index contributed by atoms with van der Waals surface area (Å²) in [6.07, 6.45) is 0. The summed E-state index contributed by atoms with van der Waals surface area (Å²) in [4.78, 5) is 10.0. The van der Waals surface area contributed by atoms with Crippen LogP contribution in [0.15, 0.2) is 23.1 Å². The highest BCUT2D eigenvalue weighted by atomic mass is 32.2. The van der Waals surface area contributed by atoms with E-state index in [1.165, 1.54) is 0 Å². The Kier molecular flexibility index (Phi) is 5.21. The zero-order chi connectivity index (χ0) is 15.5. The first-order valence-corrected chi connectivity index (χ1v) is 7.33. The summed E-state index contributed by atoms with van der Waals surface area (Å²) < 4.78 is 39.9. The van der Waals surface area contributed by atoms with Crippen molar-refractivity contribution in [1.29, 1.82) is 0 Å². The second kappa shape index (κ2) is 6.29. The van der Waals surface area contributed by atoms with E-state index in [1.54, 1.807) is 13.8 Å². The molecule has 0 aliphatic heterocycles. The molecule has 1 unspecified atom stereocenters. The number of carbonyl (C=O) groups is 1.